The molecule has 1 aliphatic carbocycles. The van der Waals surface area contributed by atoms with Gasteiger partial charge in [0.2, 0.25) is 0 Å². The Morgan fingerprint density at radius 3 is 3.00 bits per heavy atom. The van der Waals surface area contributed by atoms with Crippen LogP contribution in [0.4, 0.5) is 4.39 Å². The molecule has 0 spiro atoms. The summed E-state index contributed by atoms with van der Waals surface area (Å²) in [5.41, 5.74) is 0.890. The first-order valence-corrected chi connectivity index (χ1v) is 6.13. The van der Waals surface area contributed by atoms with Crippen LogP contribution in [0.25, 0.3) is 10.9 Å². The van der Waals surface area contributed by atoms with Gasteiger partial charge in [0.1, 0.15) is 9.52 Å². The summed E-state index contributed by atoms with van der Waals surface area (Å²) in [6.07, 6.45) is 2.61. The molecule has 0 aliphatic heterocycles. The number of rotatable bonds is 2. The summed E-state index contributed by atoms with van der Waals surface area (Å²) in [7, 11) is 0. The van der Waals surface area contributed by atoms with Crippen molar-refractivity contribution in [1.82, 2.24) is 9.78 Å². The molecule has 3 rings (SSSR count). The SMILES string of the molecule is Fc1ccc2nn(CC3CC3)c(I)c2c1. The summed E-state index contributed by atoms with van der Waals surface area (Å²) in [6, 6.07) is 4.77. The Morgan fingerprint density at radius 2 is 2.27 bits per heavy atom. The van der Waals surface area contributed by atoms with Crippen LogP contribution in [-0.4, -0.2) is 9.78 Å². The monoisotopic (exact) mass is 316 g/mol. The molecule has 1 aromatic heterocycles. The Morgan fingerprint density at radius 1 is 1.47 bits per heavy atom. The summed E-state index contributed by atoms with van der Waals surface area (Å²) >= 11 is 2.25. The molecule has 0 atom stereocenters. The normalized spacial score (nSPS) is 16.1. The maximum atomic E-state index is 13.1. The van der Waals surface area contributed by atoms with Crippen LogP contribution in [0.15, 0.2) is 18.2 Å². The van der Waals surface area contributed by atoms with Gasteiger partial charge >= 0.3 is 0 Å². The molecule has 1 aromatic carbocycles. The molecule has 4 heteroatoms. The van der Waals surface area contributed by atoms with Gasteiger partial charge in [-0.1, -0.05) is 0 Å². The van der Waals surface area contributed by atoms with Crippen molar-refractivity contribution in [2.45, 2.75) is 19.4 Å². The highest BCUT2D eigenvalue weighted by atomic mass is 127. The van der Waals surface area contributed by atoms with Gasteiger partial charge in [0, 0.05) is 11.9 Å². The summed E-state index contributed by atoms with van der Waals surface area (Å²) < 4.78 is 16.1. The van der Waals surface area contributed by atoms with Crippen LogP contribution in [0.5, 0.6) is 0 Å². The van der Waals surface area contributed by atoms with E-state index in [-0.39, 0.29) is 5.82 Å². The second kappa shape index (κ2) is 3.43. The van der Waals surface area contributed by atoms with E-state index < -0.39 is 0 Å². The zero-order chi connectivity index (χ0) is 10.4. The van der Waals surface area contributed by atoms with Crippen molar-refractivity contribution in [3.8, 4) is 0 Å². The van der Waals surface area contributed by atoms with Crippen molar-refractivity contribution in [3.63, 3.8) is 0 Å². The lowest BCUT2D eigenvalue weighted by Gasteiger charge is -1.99. The highest BCUT2D eigenvalue weighted by molar-refractivity contribution is 14.1. The minimum absolute atomic E-state index is 0.189. The lowest BCUT2D eigenvalue weighted by atomic mass is 10.2. The summed E-state index contributed by atoms with van der Waals surface area (Å²) in [4.78, 5) is 0. The van der Waals surface area contributed by atoms with Gasteiger partial charge in [0.25, 0.3) is 0 Å². The molecule has 0 N–H and O–H groups in total. The van der Waals surface area contributed by atoms with Crippen LogP contribution in [0.1, 0.15) is 12.8 Å². The minimum atomic E-state index is -0.189. The number of halogens is 2. The van der Waals surface area contributed by atoms with E-state index >= 15 is 0 Å². The van der Waals surface area contributed by atoms with Gasteiger partial charge in [-0.2, -0.15) is 5.10 Å². The van der Waals surface area contributed by atoms with Crippen LogP contribution in [-0.2, 0) is 6.54 Å². The van der Waals surface area contributed by atoms with E-state index in [2.05, 4.69) is 27.7 Å². The van der Waals surface area contributed by atoms with Crippen LogP contribution >= 0.6 is 22.6 Å². The van der Waals surface area contributed by atoms with Gasteiger partial charge in [0.15, 0.2) is 0 Å². The molecule has 2 nitrogen and oxygen atoms in total. The number of fused-ring (bicyclic) bond motifs is 1. The second-order valence-electron chi connectivity index (χ2n) is 4.08. The summed E-state index contributed by atoms with van der Waals surface area (Å²) in [5.74, 6) is 0.601. The number of benzene rings is 1. The highest BCUT2D eigenvalue weighted by Crippen LogP contribution is 2.32. The van der Waals surface area contributed by atoms with Gasteiger partial charge in [-0.25, -0.2) is 4.39 Å². The van der Waals surface area contributed by atoms with Crippen molar-refractivity contribution in [3.05, 3.63) is 27.7 Å². The molecule has 0 radical (unpaired) electrons. The molecule has 1 saturated carbocycles. The van der Waals surface area contributed by atoms with Gasteiger partial charge in [-0.15, -0.1) is 0 Å². The maximum absolute atomic E-state index is 13.1. The van der Waals surface area contributed by atoms with E-state index in [0.29, 0.717) is 0 Å². The lowest BCUT2D eigenvalue weighted by Crippen LogP contribution is -2.03. The number of hydrogen-bond acceptors (Lipinski definition) is 1. The van der Waals surface area contributed by atoms with Crippen LogP contribution < -0.4 is 0 Å². The molecule has 0 unspecified atom stereocenters. The molecule has 2 aromatic rings. The first kappa shape index (κ1) is 9.57. The van der Waals surface area contributed by atoms with Crippen LogP contribution in [0, 0.1) is 15.4 Å². The lowest BCUT2D eigenvalue weighted by molar-refractivity contribution is 0.557. The predicted octanol–water partition coefficient (Wildman–Crippen LogP) is 3.19. The summed E-state index contributed by atoms with van der Waals surface area (Å²) in [6.45, 7) is 0.981. The Bertz CT molecular complexity index is 517. The first-order chi connectivity index (χ1) is 7.24. The van der Waals surface area contributed by atoms with Gasteiger partial charge in [-0.3, -0.25) is 4.68 Å². The molecular weight excluding hydrogens is 306 g/mol. The van der Waals surface area contributed by atoms with Crippen LogP contribution in [0.2, 0.25) is 0 Å². The molecule has 0 saturated heterocycles. The van der Waals surface area contributed by atoms with Crippen molar-refractivity contribution < 1.29 is 4.39 Å². The van der Waals surface area contributed by atoms with Gasteiger partial charge in [-0.05, 0) is 59.5 Å². The minimum Gasteiger partial charge on any atom is -0.258 e. The van der Waals surface area contributed by atoms with E-state index in [0.717, 1.165) is 27.1 Å². The molecule has 1 heterocycles. The van der Waals surface area contributed by atoms with Crippen molar-refractivity contribution in [2.75, 3.05) is 0 Å². The third kappa shape index (κ3) is 1.75. The van der Waals surface area contributed by atoms with Crippen molar-refractivity contribution in [1.29, 1.82) is 0 Å². The fourth-order valence-corrected chi connectivity index (χ4v) is 2.48. The average molecular weight is 316 g/mol. The molecular formula is C11H10FIN2. The summed E-state index contributed by atoms with van der Waals surface area (Å²) in [5, 5.41) is 5.40. The van der Waals surface area contributed by atoms with E-state index in [4.69, 9.17) is 0 Å². The first-order valence-electron chi connectivity index (χ1n) is 5.05. The molecule has 78 valence electrons. The van der Waals surface area contributed by atoms with Crippen molar-refractivity contribution >= 4 is 33.5 Å². The Labute approximate surface area is 101 Å². The van der Waals surface area contributed by atoms with Gasteiger partial charge < -0.3 is 0 Å². The Hall–Kier alpha value is -0.650. The van der Waals surface area contributed by atoms with Crippen LogP contribution in [0.3, 0.4) is 0 Å². The molecule has 1 fully saturated rings. The maximum Gasteiger partial charge on any atom is 0.124 e. The molecule has 1 aliphatic rings. The zero-order valence-corrected chi connectivity index (χ0v) is 10.2. The van der Waals surface area contributed by atoms with E-state index in [9.17, 15) is 4.39 Å². The molecule has 15 heavy (non-hydrogen) atoms. The topological polar surface area (TPSA) is 17.8 Å². The average Bonchev–Trinajstić information content (AvgIpc) is 2.97. The Balaban J connectivity index is 2.10. The van der Waals surface area contributed by atoms with E-state index in [1.54, 1.807) is 12.1 Å². The highest BCUT2D eigenvalue weighted by Gasteiger charge is 2.23. The predicted molar refractivity (Wildman–Crippen MR) is 65.1 cm³/mol. The third-order valence-electron chi connectivity index (χ3n) is 2.76. The molecule has 0 bridgehead atoms. The molecule has 0 amide bonds. The fraction of sp³-hybridized carbons (Fsp3) is 0.364. The smallest absolute Gasteiger partial charge is 0.124 e. The number of hydrogen-bond donors (Lipinski definition) is 0. The third-order valence-corrected chi connectivity index (χ3v) is 3.90. The Kier molecular flexibility index (Phi) is 2.19. The quantitative estimate of drug-likeness (QED) is 0.778. The number of nitrogens with zero attached hydrogens (tertiary/aromatic N) is 2. The van der Waals surface area contributed by atoms with E-state index in [1.807, 2.05) is 4.68 Å². The van der Waals surface area contributed by atoms with Crippen molar-refractivity contribution in [2.24, 2.45) is 5.92 Å². The standard InChI is InChI=1S/C11H10FIN2/c12-8-3-4-10-9(5-8)11(13)15(14-10)6-7-1-2-7/h3-5,7H,1-2,6H2. The second-order valence-corrected chi connectivity index (χ2v) is 5.10. The zero-order valence-electron chi connectivity index (χ0n) is 8.08. The largest absolute Gasteiger partial charge is 0.258 e. The van der Waals surface area contributed by atoms with Gasteiger partial charge in [0.05, 0.1) is 5.52 Å². The fourth-order valence-electron chi connectivity index (χ4n) is 1.74. The van der Waals surface area contributed by atoms with E-state index in [1.165, 1.54) is 18.9 Å². The number of aromatic nitrogens is 2.